The third-order valence-electron chi connectivity index (χ3n) is 3.59. The van der Waals surface area contributed by atoms with Gasteiger partial charge in [-0.3, -0.25) is 9.59 Å². The number of Topliss-reactive ketones (excluding diaryl/α,β-unsaturated/α-hetero) is 2. The van der Waals surface area contributed by atoms with Crippen LogP contribution in [0.4, 0.5) is 0 Å². The van der Waals surface area contributed by atoms with Crippen LogP contribution in [0.5, 0.6) is 17.2 Å². The Labute approximate surface area is 125 Å². The van der Waals surface area contributed by atoms with Crippen LogP contribution in [0.15, 0.2) is 12.1 Å². The van der Waals surface area contributed by atoms with Crippen LogP contribution in [-0.4, -0.2) is 32.9 Å². The lowest BCUT2D eigenvalue weighted by Crippen LogP contribution is -2.25. The maximum atomic E-state index is 11.7. The summed E-state index contributed by atoms with van der Waals surface area (Å²) in [5, 5.41) is 0. The van der Waals surface area contributed by atoms with Crippen LogP contribution < -0.4 is 14.2 Å². The molecule has 116 valence electrons. The minimum absolute atomic E-state index is 0.149. The van der Waals surface area contributed by atoms with Gasteiger partial charge in [-0.15, -0.1) is 0 Å². The number of rotatable bonds is 7. The van der Waals surface area contributed by atoms with E-state index in [-0.39, 0.29) is 17.5 Å². The molecule has 1 atom stereocenters. The molecule has 1 aromatic rings. The second kappa shape index (κ2) is 7.11. The van der Waals surface area contributed by atoms with E-state index in [1.807, 2.05) is 6.92 Å². The van der Waals surface area contributed by atoms with E-state index in [1.54, 1.807) is 12.1 Å². The van der Waals surface area contributed by atoms with Gasteiger partial charge in [0.25, 0.3) is 0 Å². The standard InChI is InChI=1S/C16H22O5/c1-9(15(10(2)17)11(3)18)12-7-13(19-4)16(21-6)14(8-12)20-5/h7-9,15H,1-6H3. The van der Waals surface area contributed by atoms with Gasteiger partial charge in [-0.1, -0.05) is 6.92 Å². The Morgan fingerprint density at radius 2 is 1.33 bits per heavy atom. The largest absolute Gasteiger partial charge is 0.493 e. The molecule has 0 N–H and O–H groups in total. The smallest absolute Gasteiger partial charge is 0.203 e. The predicted octanol–water partition coefficient (Wildman–Crippen LogP) is 2.61. The van der Waals surface area contributed by atoms with E-state index in [1.165, 1.54) is 35.2 Å². The number of benzene rings is 1. The molecule has 0 aliphatic rings. The number of hydrogen-bond donors (Lipinski definition) is 0. The first-order chi connectivity index (χ1) is 9.87. The molecule has 1 rings (SSSR count). The molecule has 0 saturated carbocycles. The van der Waals surface area contributed by atoms with Crippen LogP contribution in [0.25, 0.3) is 0 Å². The van der Waals surface area contributed by atoms with Gasteiger partial charge in [0.2, 0.25) is 5.75 Å². The molecule has 0 radical (unpaired) electrons. The summed E-state index contributed by atoms with van der Waals surface area (Å²) in [6.45, 7) is 4.70. The fraction of sp³-hybridized carbons (Fsp3) is 0.500. The topological polar surface area (TPSA) is 61.8 Å². The van der Waals surface area contributed by atoms with Gasteiger partial charge in [0.1, 0.15) is 11.6 Å². The van der Waals surface area contributed by atoms with Crippen molar-refractivity contribution >= 4 is 11.6 Å². The van der Waals surface area contributed by atoms with Crippen molar-refractivity contribution in [2.24, 2.45) is 5.92 Å². The molecule has 0 aliphatic carbocycles. The fourth-order valence-corrected chi connectivity index (χ4v) is 2.55. The molecule has 5 heteroatoms. The van der Waals surface area contributed by atoms with Crippen molar-refractivity contribution in [1.29, 1.82) is 0 Å². The zero-order valence-corrected chi connectivity index (χ0v) is 13.4. The zero-order valence-electron chi connectivity index (χ0n) is 13.4. The van der Waals surface area contributed by atoms with Gasteiger partial charge in [0.05, 0.1) is 27.2 Å². The summed E-state index contributed by atoms with van der Waals surface area (Å²) in [5.41, 5.74) is 0.792. The van der Waals surface area contributed by atoms with Crippen LogP contribution in [0.2, 0.25) is 0 Å². The fourth-order valence-electron chi connectivity index (χ4n) is 2.55. The Morgan fingerprint density at radius 1 is 0.905 bits per heavy atom. The first-order valence-corrected chi connectivity index (χ1v) is 6.68. The van der Waals surface area contributed by atoms with Crippen molar-refractivity contribution in [2.45, 2.75) is 26.7 Å². The summed E-state index contributed by atoms with van der Waals surface area (Å²) in [6.07, 6.45) is 0. The summed E-state index contributed by atoms with van der Waals surface area (Å²) >= 11 is 0. The molecule has 5 nitrogen and oxygen atoms in total. The highest BCUT2D eigenvalue weighted by Gasteiger charge is 2.29. The van der Waals surface area contributed by atoms with E-state index in [0.717, 1.165) is 5.56 Å². The third-order valence-corrected chi connectivity index (χ3v) is 3.59. The molecule has 0 saturated heterocycles. The van der Waals surface area contributed by atoms with Crippen LogP contribution in [0.3, 0.4) is 0 Å². The van der Waals surface area contributed by atoms with Crippen molar-refractivity contribution in [1.82, 2.24) is 0 Å². The Kier molecular flexibility index (Phi) is 5.76. The number of methoxy groups -OCH3 is 3. The van der Waals surface area contributed by atoms with Crippen molar-refractivity contribution in [3.8, 4) is 17.2 Å². The maximum Gasteiger partial charge on any atom is 0.203 e. The highest BCUT2D eigenvalue weighted by Crippen LogP contribution is 2.41. The highest BCUT2D eigenvalue weighted by molar-refractivity contribution is 6.01. The van der Waals surface area contributed by atoms with Gasteiger partial charge < -0.3 is 14.2 Å². The van der Waals surface area contributed by atoms with Crippen LogP contribution in [0, 0.1) is 5.92 Å². The van der Waals surface area contributed by atoms with Gasteiger partial charge in [0.15, 0.2) is 11.5 Å². The van der Waals surface area contributed by atoms with Gasteiger partial charge in [0, 0.05) is 0 Å². The lowest BCUT2D eigenvalue weighted by Gasteiger charge is -2.22. The minimum atomic E-state index is -0.673. The molecule has 0 spiro atoms. The molecule has 0 bridgehead atoms. The van der Waals surface area contributed by atoms with Crippen LogP contribution in [0.1, 0.15) is 32.3 Å². The summed E-state index contributed by atoms with van der Waals surface area (Å²) < 4.78 is 15.9. The van der Waals surface area contributed by atoms with Crippen LogP contribution in [-0.2, 0) is 9.59 Å². The second-order valence-electron chi connectivity index (χ2n) is 4.95. The van der Waals surface area contributed by atoms with E-state index in [0.29, 0.717) is 17.2 Å². The zero-order chi connectivity index (χ0) is 16.2. The summed E-state index contributed by atoms with van der Waals surface area (Å²) in [6, 6.07) is 3.54. The molecule has 0 aliphatic heterocycles. The maximum absolute atomic E-state index is 11.7. The average Bonchev–Trinajstić information content (AvgIpc) is 2.44. The van der Waals surface area contributed by atoms with E-state index >= 15 is 0 Å². The average molecular weight is 294 g/mol. The van der Waals surface area contributed by atoms with Crippen molar-refractivity contribution in [2.75, 3.05) is 21.3 Å². The van der Waals surface area contributed by atoms with E-state index in [2.05, 4.69) is 0 Å². The SMILES string of the molecule is COc1cc(C(C)C(C(C)=O)C(C)=O)cc(OC)c1OC. The van der Waals surface area contributed by atoms with Gasteiger partial charge in [-0.25, -0.2) is 0 Å². The predicted molar refractivity (Wildman–Crippen MR) is 79.4 cm³/mol. The molecule has 0 aromatic heterocycles. The summed E-state index contributed by atoms with van der Waals surface area (Å²) in [5.74, 6) is 0.251. The lowest BCUT2D eigenvalue weighted by molar-refractivity contribution is -0.131. The van der Waals surface area contributed by atoms with E-state index < -0.39 is 5.92 Å². The Balaban J connectivity index is 3.36. The van der Waals surface area contributed by atoms with Crippen LogP contribution >= 0.6 is 0 Å². The first kappa shape index (κ1) is 17.0. The number of ether oxygens (including phenoxy) is 3. The number of ketones is 2. The van der Waals surface area contributed by atoms with Crippen molar-refractivity contribution in [3.63, 3.8) is 0 Å². The molecule has 0 fully saturated rings. The number of carbonyl (C=O) groups is 2. The normalized spacial score (nSPS) is 12.0. The first-order valence-electron chi connectivity index (χ1n) is 6.68. The lowest BCUT2D eigenvalue weighted by atomic mass is 9.82. The molecular formula is C16H22O5. The summed E-state index contributed by atoms with van der Waals surface area (Å²) in [4.78, 5) is 23.4. The second-order valence-corrected chi connectivity index (χ2v) is 4.95. The highest BCUT2D eigenvalue weighted by atomic mass is 16.5. The molecule has 21 heavy (non-hydrogen) atoms. The minimum Gasteiger partial charge on any atom is -0.493 e. The monoisotopic (exact) mass is 294 g/mol. The van der Waals surface area contributed by atoms with Gasteiger partial charge in [-0.05, 0) is 37.5 Å². The molecule has 1 unspecified atom stereocenters. The Morgan fingerprint density at radius 3 is 1.62 bits per heavy atom. The number of hydrogen-bond acceptors (Lipinski definition) is 5. The van der Waals surface area contributed by atoms with Gasteiger partial charge >= 0.3 is 0 Å². The molecule has 1 aromatic carbocycles. The Bertz CT molecular complexity index is 496. The molecular weight excluding hydrogens is 272 g/mol. The molecule has 0 amide bonds. The summed E-state index contributed by atoms with van der Waals surface area (Å²) in [7, 11) is 4.58. The number of carbonyl (C=O) groups excluding carboxylic acids is 2. The third kappa shape index (κ3) is 3.54. The Hall–Kier alpha value is -2.04. The van der Waals surface area contributed by atoms with E-state index in [9.17, 15) is 9.59 Å². The quantitative estimate of drug-likeness (QED) is 0.723. The van der Waals surface area contributed by atoms with E-state index in [4.69, 9.17) is 14.2 Å². The van der Waals surface area contributed by atoms with Gasteiger partial charge in [-0.2, -0.15) is 0 Å². The van der Waals surface area contributed by atoms with Crippen molar-refractivity contribution < 1.29 is 23.8 Å². The molecule has 0 heterocycles. The van der Waals surface area contributed by atoms with Crippen molar-refractivity contribution in [3.05, 3.63) is 17.7 Å².